The van der Waals surface area contributed by atoms with Gasteiger partial charge in [0.2, 0.25) is 0 Å². The average molecular weight is 363 g/mol. The van der Waals surface area contributed by atoms with E-state index in [1.807, 2.05) is 17.8 Å². The van der Waals surface area contributed by atoms with E-state index >= 15 is 0 Å². The zero-order valence-corrected chi connectivity index (χ0v) is 15.6. The zero-order valence-electron chi connectivity index (χ0n) is 14.8. The normalized spacial score (nSPS) is 15.1. The molecule has 0 spiro atoms. The van der Waals surface area contributed by atoms with Gasteiger partial charge in [0.05, 0.1) is 19.3 Å². The highest BCUT2D eigenvalue weighted by atomic mass is 32.2. The van der Waals surface area contributed by atoms with Crippen molar-refractivity contribution in [3.8, 4) is 11.5 Å². The SMILES string of the molecule is C=CC1=C(SC)CCN(CCCOc2cc(C(=O)O)ccc2OC)C1. The third-order valence-corrected chi connectivity index (χ3v) is 5.15. The van der Waals surface area contributed by atoms with Crippen LogP contribution < -0.4 is 9.47 Å². The number of nitrogens with zero attached hydrogens (tertiary/aromatic N) is 1. The summed E-state index contributed by atoms with van der Waals surface area (Å²) >= 11 is 1.81. The lowest BCUT2D eigenvalue weighted by molar-refractivity contribution is 0.0696. The van der Waals surface area contributed by atoms with Gasteiger partial charge in [0, 0.05) is 19.6 Å². The fraction of sp³-hybridized carbons (Fsp3) is 0.421. The lowest BCUT2D eigenvalue weighted by Crippen LogP contribution is -2.32. The fourth-order valence-corrected chi connectivity index (χ4v) is 3.53. The highest BCUT2D eigenvalue weighted by molar-refractivity contribution is 8.02. The number of carboxylic acids is 1. The topological polar surface area (TPSA) is 59.0 Å². The molecule has 1 aromatic carbocycles. The molecule has 0 aromatic heterocycles. The quantitative estimate of drug-likeness (QED) is 0.676. The van der Waals surface area contributed by atoms with Gasteiger partial charge >= 0.3 is 5.97 Å². The van der Waals surface area contributed by atoms with E-state index in [1.165, 1.54) is 22.6 Å². The van der Waals surface area contributed by atoms with Gasteiger partial charge in [-0.05, 0) is 47.8 Å². The summed E-state index contributed by atoms with van der Waals surface area (Å²) in [4.78, 5) is 14.9. The highest BCUT2D eigenvalue weighted by Gasteiger charge is 2.16. The number of hydrogen-bond donors (Lipinski definition) is 1. The lowest BCUT2D eigenvalue weighted by Gasteiger charge is -2.29. The first-order valence-electron chi connectivity index (χ1n) is 8.24. The van der Waals surface area contributed by atoms with Crippen LogP contribution in [0.5, 0.6) is 11.5 Å². The maximum absolute atomic E-state index is 11.1. The molecule has 0 saturated heterocycles. The van der Waals surface area contributed by atoms with E-state index < -0.39 is 5.97 Å². The summed E-state index contributed by atoms with van der Waals surface area (Å²) < 4.78 is 11.0. The summed E-state index contributed by atoms with van der Waals surface area (Å²) in [5, 5.41) is 9.09. The lowest BCUT2D eigenvalue weighted by atomic mass is 10.1. The molecule has 1 N–H and O–H groups in total. The van der Waals surface area contributed by atoms with Gasteiger partial charge in [-0.25, -0.2) is 4.79 Å². The number of carboxylic acid groups (broad SMARTS) is 1. The Bertz CT molecular complexity index is 657. The number of carbonyl (C=O) groups is 1. The predicted octanol–water partition coefficient (Wildman–Crippen LogP) is 3.67. The van der Waals surface area contributed by atoms with Crippen molar-refractivity contribution in [2.45, 2.75) is 12.8 Å². The van der Waals surface area contributed by atoms with Crippen LogP contribution >= 0.6 is 11.8 Å². The first-order chi connectivity index (χ1) is 12.1. The van der Waals surface area contributed by atoms with E-state index in [-0.39, 0.29) is 5.56 Å². The van der Waals surface area contributed by atoms with Crippen molar-refractivity contribution in [1.29, 1.82) is 0 Å². The van der Waals surface area contributed by atoms with Crippen molar-refractivity contribution in [2.75, 3.05) is 39.6 Å². The van der Waals surface area contributed by atoms with Crippen LogP contribution in [0.3, 0.4) is 0 Å². The first-order valence-corrected chi connectivity index (χ1v) is 9.46. The van der Waals surface area contributed by atoms with E-state index in [9.17, 15) is 4.79 Å². The van der Waals surface area contributed by atoms with Gasteiger partial charge in [0.25, 0.3) is 0 Å². The van der Waals surface area contributed by atoms with Crippen LogP contribution in [0.15, 0.2) is 41.3 Å². The van der Waals surface area contributed by atoms with E-state index in [1.54, 1.807) is 13.2 Å². The van der Waals surface area contributed by atoms with E-state index in [0.29, 0.717) is 18.1 Å². The van der Waals surface area contributed by atoms with Gasteiger partial charge in [-0.1, -0.05) is 12.7 Å². The molecule has 25 heavy (non-hydrogen) atoms. The third kappa shape index (κ3) is 5.28. The van der Waals surface area contributed by atoms with Crippen molar-refractivity contribution >= 4 is 17.7 Å². The number of aromatic carboxylic acids is 1. The zero-order chi connectivity index (χ0) is 18.2. The van der Waals surface area contributed by atoms with E-state index in [4.69, 9.17) is 14.6 Å². The second kappa shape index (κ2) is 9.53. The Labute approximate surface area is 153 Å². The second-order valence-corrected chi connectivity index (χ2v) is 6.66. The summed E-state index contributed by atoms with van der Waals surface area (Å²) in [6.45, 7) is 7.33. The van der Waals surface area contributed by atoms with Crippen LogP contribution in [0.4, 0.5) is 0 Å². The van der Waals surface area contributed by atoms with Crippen molar-refractivity contribution in [2.24, 2.45) is 0 Å². The van der Waals surface area contributed by atoms with Crippen molar-refractivity contribution in [3.63, 3.8) is 0 Å². The molecular weight excluding hydrogens is 338 g/mol. The molecule has 1 aliphatic rings. The Morgan fingerprint density at radius 3 is 2.88 bits per heavy atom. The Morgan fingerprint density at radius 2 is 2.24 bits per heavy atom. The van der Waals surface area contributed by atoms with E-state index in [2.05, 4.69) is 17.7 Å². The molecule has 1 aromatic rings. The summed E-state index contributed by atoms with van der Waals surface area (Å²) in [6.07, 6.45) is 6.00. The molecule has 1 heterocycles. The molecule has 6 heteroatoms. The average Bonchev–Trinajstić information content (AvgIpc) is 2.64. The monoisotopic (exact) mass is 363 g/mol. The van der Waals surface area contributed by atoms with Crippen molar-refractivity contribution < 1.29 is 19.4 Å². The number of ether oxygens (including phenoxy) is 2. The van der Waals surface area contributed by atoms with Crippen LogP contribution in [-0.4, -0.2) is 55.6 Å². The highest BCUT2D eigenvalue weighted by Crippen LogP contribution is 2.29. The minimum Gasteiger partial charge on any atom is -0.493 e. The molecule has 0 amide bonds. The maximum atomic E-state index is 11.1. The Balaban J connectivity index is 1.86. The first kappa shape index (κ1) is 19.4. The molecule has 2 rings (SSSR count). The van der Waals surface area contributed by atoms with Crippen LogP contribution in [0.25, 0.3) is 0 Å². The molecule has 0 radical (unpaired) electrons. The van der Waals surface area contributed by atoms with E-state index in [0.717, 1.165) is 32.5 Å². The minimum atomic E-state index is -0.978. The van der Waals surface area contributed by atoms with Gasteiger partial charge in [0.1, 0.15) is 0 Å². The molecule has 5 nitrogen and oxygen atoms in total. The van der Waals surface area contributed by atoms with Crippen LogP contribution in [0.2, 0.25) is 0 Å². The second-order valence-electron chi connectivity index (χ2n) is 5.76. The Morgan fingerprint density at radius 1 is 1.44 bits per heavy atom. The van der Waals surface area contributed by atoms with Crippen LogP contribution in [-0.2, 0) is 0 Å². The Kier molecular flexibility index (Phi) is 7.40. The van der Waals surface area contributed by atoms with Gasteiger partial charge in [-0.15, -0.1) is 11.8 Å². The van der Waals surface area contributed by atoms with Crippen LogP contribution in [0.1, 0.15) is 23.2 Å². The number of hydrogen-bond acceptors (Lipinski definition) is 5. The summed E-state index contributed by atoms with van der Waals surface area (Å²) in [6, 6.07) is 4.63. The molecule has 0 aliphatic carbocycles. The third-order valence-electron chi connectivity index (χ3n) is 4.19. The van der Waals surface area contributed by atoms with Gasteiger partial charge in [0.15, 0.2) is 11.5 Å². The smallest absolute Gasteiger partial charge is 0.335 e. The standard InChI is InChI=1S/C19H25NO4S/c1-4-14-13-20(10-8-18(14)25-3)9-5-11-24-17-12-15(19(21)22)6-7-16(17)23-2/h4,6-7,12H,1,5,8-11,13H2,2-3H3,(H,21,22). The number of rotatable bonds is 9. The van der Waals surface area contributed by atoms with Crippen LogP contribution in [0, 0.1) is 0 Å². The number of thioether (sulfide) groups is 1. The molecule has 0 bridgehead atoms. The molecule has 0 fully saturated rings. The van der Waals surface area contributed by atoms with Crippen molar-refractivity contribution in [1.82, 2.24) is 4.90 Å². The molecule has 0 atom stereocenters. The predicted molar refractivity (Wildman–Crippen MR) is 102 cm³/mol. The molecule has 136 valence electrons. The largest absolute Gasteiger partial charge is 0.493 e. The molecule has 0 unspecified atom stereocenters. The Hall–Kier alpha value is -1.92. The van der Waals surface area contributed by atoms with Gasteiger partial charge < -0.3 is 14.6 Å². The number of methoxy groups -OCH3 is 1. The maximum Gasteiger partial charge on any atom is 0.335 e. The minimum absolute atomic E-state index is 0.192. The number of benzene rings is 1. The molecule has 0 saturated carbocycles. The van der Waals surface area contributed by atoms with Gasteiger partial charge in [-0.2, -0.15) is 0 Å². The fourth-order valence-electron chi connectivity index (χ4n) is 2.82. The molecular formula is C19H25NO4S. The van der Waals surface area contributed by atoms with Gasteiger partial charge in [-0.3, -0.25) is 4.90 Å². The molecule has 1 aliphatic heterocycles. The summed E-state index contributed by atoms with van der Waals surface area (Å²) in [7, 11) is 1.54. The van der Waals surface area contributed by atoms with Crippen molar-refractivity contribution in [3.05, 3.63) is 46.9 Å². The summed E-state index contributed by atoms with van der Waals surface area (Å²) in [5.74, 6) is 0.0380. The summed E-state index contributed by atoms with van der Waals surface area (Å²) in [5.41, 5.74) is 1.51.